The summed E-state index contributed by atoms with van der Waals surface area (Å²) in [5.41, 5.74) is 1.19. The molecule has 1 amide bonds. The Bertz CT molecular complexity index is 630. The summed E-state index contributed by atoms with van der Waals surface area (Å²) >= 11 is 7.24. The first kappa shape index (κ1) is 12.6. The molecule has 2 rings (SSSR count). The highest BCUT2D eigenvalue weighted by Crippen LogP contribution is 2.25. The van der Waals surface area contributed by atoms with Crippen molar-refractivity contribution in [2.75, 3.05) is 11.9 Å². The Morgan fingerprint density at radius 2 is 2.22 bits per heavy atom. The number of hydrogen-bond donors (Lipinski definition) is 0. The standard InChI is InChI=1S/C13H9ClN2OS/c1-16(10-4-2-3-9(7-10)8-15)13(17)12-11(14)5-6-18-12/h2-7H,1H3. The van der Waals surface area contributed by atoms with Gasteiger partial charge in [-0.15, -0.1) is 11.3 Å². The molecule has 1 heterocycles. The highest BCUT2D eigenvalue weighted by atomic mass is 35.5. The van der Waals surface area contributed by atoms with Crippen molar-refractivity contribution in [2.45, 2.75) is 0 Å². The number of carbonyl (C=O) groups excluding carboxylic acids is 1. The fourth-order valence-electron chi connectivity index (χ4n) is 1.50. The van der Waals surface area contributed by atoms with E-state index in [9.17, 15) is 4.79 Å². The average Bonchev–Trinajstić information content (AvgIpc) is 2.83. The van der Waals surface area contributed by atoms with Crippen LogP contribution < -0.4 is 4.90 Å². The molecule has 0 saturated carbocycles. The van der Waals surface area contributed by atoms with Crippen molar-refractivity contribution in [1.29, 1.82) is 5.26 Å². The summed E-state index contributed by atoms with van der Waals surface area (Å²) in [5.74, 6) is -0.176. The van der Waals surface area contributed by atoms with E-state index in [1.54, 1.807) is 42.8 Å². The molecule has 0 saturated heterocycles. The topological polar surface area (TPSA) is 44.1 Å². The summed E-state index contributed by atoms with van der Waals surface area (Å²) in [5, 5.41) is 11.1. The minimum atomic E-state index is -0.176. The quantitative estimate of drug-likeness (QED) is 0.842. The molecule has 0 bridgehead atoms. The van der Waals surface area contributed by atoms with E-state index in [2.05, 4.69) is 0 Å². The maximum Gasteiger partial charge on any atom is 0.269 e. The molecule has 0 unspecified atom stereocenters. The Balaban J connectivity index is 2.32. The number of thiophene rings is 1. The number of anilines is 1. The first-order chi connectivity index (χ1) is 8.63. The minimum Gasteiger partial charge on any atom is -0.311 e. The Kier molecular flexibility index (Phi) is 3.66. The second-order valence-corrected chi connectivity index (χ2v) is 4.95. The van der Waals surface area contributed by atoms with Crippen molar-refractivity contribution >= 4 is 34.5 Å². The van der Waals surface area contributed by atoms with Gasteiger partial charge in [0.05, 0.1) is 16.7 Å². The average molecular weight is 277 g/mol. The summed E-state index contributed by atoms with van der Waals surface area (Å²) in [6, 6.07) is 10.6. The van der Waals surface area contributed by atoms with Crippen molar-refractivity contribution in [1.82, 2.24) is 0 Å². The molecule has 0 aliphatic rings. The molecule has 0 N–H and O–H groups in total. The van der Waals surface area contributed by atoms with E-state index in [-0.39, 0.29) is 5.91 Å². The number of halogens is 1. The van der Waals surface area contributed by atoms with Gasteiger partial charge in [-0.05, 0) is 29.6 Å². The number of amides is 1. The van der Waals surface area contributed by atoms with Crippen LogP contribution in [0.3, 0.4) is 0 Å². The van der Waals surface area contributed by atoms with Gasteiger partial charge in [-0.1, -0.05) is 17.7 Å². The van der Waals surface area contributed by atoms with E-state index in [1.807, 2.05) is 6.07 Å². The Morgan fingerprint density at radius 3 is 2.83 bits per heavy atom. The molecule has 0 fully saturated rings. The fourth-order valence-corrected chi connectivity index (χ4v) is 2.61. The van der Waals surface area contributed by atoms with Crippen molar-refractivity contribution < 1.29 is 4.79 Å². The van der Waals surface area contributed by atoms with Crippen molar-refractivity contribution in [3.05, 3.63) is 51.2 Å². The summed E-state index contributed by atoms with van der Waals surface area (Å²) in [4.78, 5) is 14.2. The van der Waals surface area contributed by atoms with Crippen LogP contribution in [-0.2, 0) is 0 Å². The van der Waals surface area contributed by atoms with Gasteiger partial charge in [0, 0.05) is 12.7 Å². The normalized spacial score (nSPS) is 9.83. The maximum atomic E-state index is 12.2. The lowest BCUT2D eigenvalue weighted by atomic mass is 10.2. The van der Waals surface area contributed by atoms with E-state index in [0.29, 0.717) is 21.2 Å². The van der Waals surface area contributed by atoms with Crippen molar-refractivity contribution in [3.8, 4) is 6.07 Å². The second kappa shape index (κ2) is 5.21. The Morgan fingerprint density at radius 1 is 1.44 bits per heavy atom. The van der Waals surface area contributed by atoms with E-state index in [4.69, 9.17) is 16.9 Å². The van der Waals surface area contributed by atoms with Crippen LogP contribution in [0.1, 0.15) is 15.2 Å². The van der Waals surface area contributed by atoms with Crippen LogP contribution in [0.5, 0.6) is 0 Å². The highest BCUT2D eigenvalue weighted by molar-refractivity contribution is 7.12. The SMILES string of the molecule is CN(C(=O)c1sccc1Cl)c1cccc(C#N)c1. The van der Waals surface area contributed by atoms with Crippen LogP contribution in [0.25, 0.3) is 0 Å². The molecule has 5 heteroatoms. The van der Waals surface area contributed by atoms with E-state index in [1.165, 1.54) is 16.2 Å². The number of hydrogen-bond acceptors (Lipinski definition) is 3. The zero-order valence-electron chi connectivity index (χ0n) is 9.55. The van der Waals surface area contributed by atoms with Gasteiger partial charge < -0.3 is 4.90 Å². The Hall–Kier alpha value is -1.83. The molecule has 0 spiro atoms. The molecule has 90 valence electrons. The van der Waals surface area contributed by atoms with E-state index in [0.717, 1.165) is 0 Å². The molecule has 0 aliphatic heterocycles. The molecule has 1 aromatic carbocycles. The predicted octanol–water partition coefficient (Wildman–Crippen LogP) is 3.55. The summed E-state index contributed by atoms with van der Waals surface area (Å²) in [6.07, 6.45) is 0. The van der Waals surface area contributed by atoms with Gasteiger partial charge in [0.25, 0.3) is 5.91 Å². The molecule has 1 aromatic heterocycles. The largest absolute Gasteiger partial charge is 0.311 e. The van der Waals surface area contributed by atoms with Crippen LogP contribution in [0.2, 0.25) is 5.02 Å². The summed E-state index contributed by atoms with van der Waals surface area (Å²) in [7, 11) is 1.66. The minimum absolute atomic E-state index is 0.176. The molecular weight excluding hydrogens is 268 g/mol. The fraction of sp³-hybridized carbons (Fsp3) is 0.0769. The van der Waals surface area contributed by atoms with Crippen molar-refractivity contribution in [2.24, 2.45) is 0 Å². The molecule has 0 atom stereocenters. The van der Waals surface area contributed by atoms with Gasteiger partial charge in [-0.3, -0.25) is 4.79 Å². The Labute approximate surface area is 114 Å². The molecular formula is C13H9ClN2OS. The van der Waals surface area contributed by atoms with E-state index < -0.39 is 0 Å². The summed E-state index contributed by atoms with van der Waals surface area (Å²) in [6.45, 7) is 0. The third-order valence-electron chi connectivity index (χ3n) is 2.48. The van der Waals surface area contributed by atoms with Gasteiger partial charge >= 0.3 is 0 Å². The number of carbonyl (C=O) groups is 1. The van der Waals surface area contributed by atoms with Crippen LogP contribution in [0.4, 0.5) is 5.69 Å². The lowest BCUT2D eigenvalue weighted by molar-refractivity contribution is 0.0997. The lowest BCUT2D eigenvalue weighted by Crippen LogP contribution is -2.25. The van der Waals surface area contributed by atoms with Crippen LogP contribution in [-0.4, -0.2) is 13.0 Å². The van der Waals surface area contributed by atoms with Gasteiger partial charge in [-0.25, -0.2) is 0 Å². The first-order valence-corrected chi connectivity index (χ1v) is 6.40. The smallest absolute Gasteiger partial charge is 0.269 e. The third-order valence-corrected chi connectivity index (χ3v) is 3.81. The highest BCUT2D eigenvalue weighted by Gasteiger charge is 2.17. The van der Waals surface area contributed by atoms with Crippen molar-refractivity contribution in [3.63, 3.8) is 0 Å². The number of nitrogens with zero attached hydrogens (tertiary/aromatic N) is 2. The summed E-state index contributed by atoms with van der Waals surface area (Å²) < 4.78 is 0. The third kappa shape index (κ3) is 2.37. The number of rotatable bonds is 2. The zero-order valence-corrected chi connectivity index (χ0v) is 11.1. The monoisotopic (exact) mass is 276 g/mol. The molecule has 0 radical (unpaired) electrons. The molecule has 18 heavy (non-hydrogen) atoms. The molecule has 2 aromatic rings. The predicted molar refractivity (Wildman–Crippen MR) is 73.2 cm³/mol. The van der Waals surface area contributed by atoms with E-state index >= 15 is 0 Å². The van der Waals surface area contributed by atoms with Crippen LogP contribution in [0.15, 0.2) is 35.7 Å². The lowest BCUT2D eigenvalue weighted by Gasteiger charge is -2.16. The van der Waals surface area contributed by atoms with Crippen LogP contribution in [0, 0.1) is 11.3 Å². The second-order valence-electron chi connectivity index (χ2n) is 3.62. The number of benzene rings is 1. The molecule has 3 nitrogen and oxygen atoms in total. The maximum absolute atomic E-state index is 12.2. The number of nitriles is 1. The van der Waals surface area contributed by atoms with Gasteiger partial charge in [0.1, 0.15) is 4.88 Å². The van der Waals surface area contributed by atoms with Gasteiger partial charge in [0.2, 0.25) is 0 Å². The van der Waals surface area contributed by atoms with Gasteiger partial charge in [0.15, 0.2) is 0 Å². The van der Waals surface area contributed by atoms with Crippen LogP contribution >= 0.6 is 22.9 Å². The molecule has 0 aliphatic carbocycles. The first-order valence-electron chi connectivity index (χ1n) is 5.14. The zero-order chi connectivity index (χ0) is 13.1. The van der Waals surface area contributed by atoms with Gasteiger partial charge in [-0.2, -0.15) is 5.26 Å².